The van der Waals surface area contributed by atoms with Crippen molar-refractivity contribution in [1.82, 2.24) is 4.90 Å². The van der Waals surface area contributed by atoms with Crippen molar-refractivity contribution in [2.75, 3.05) is 0 Å². The topological polar surface area (TPSA) is 60.4 Å². The molecule has 2 heterocycles. The monoisotopic (exact) mass is 253 g/mol. The molecule has 0 radical (unpaired) electrons. The van der Waals surface area contributed by atoms with Crippen molar-refractivity contribution in [3.8, 4) is 0 Å². The van der Waals surface area contributed by atoms with E-state index in [1.807, 2.05) is 0 Å². The van der Waals surface area contributed by atoms with Gasteiger partial charge in [0.15, 0.2) is 0 Å². The van der Waals surface area contributed by atoms with Crippen molar-refractivity contribution in [1.29, 1.82) is 0 Å². The zero-order valence-electron chi connectivity index (χ0n) is 7.04. The first kappa shape index (κ1) is 11.2. The molecule has 0 aromatic rings. The number of nitrogens with zero attached hydrogens (tertiary/aromatic N) is 1. The van der Waals surface area contributed by atoms with Gasteiger partial charge in [0.1, 0.15) is 0 Å². The van der Waals surface area contributed by atoms with Crippen molar-refractivity contribution in [2.24, 2.45) is 0 Å². The number of rotatable bonds is 1. The number of hydrogen-bond donors (Lipinski definition) is 0. The summed E-state index contributed by atoms with van der Waals surface area (Å²) in [7, 11) is 0. The molecule has 0 bridgehead atoms. The molecule has 1 fully saturated rings. The van der Waals surface area contributed by atoms with Gasteiger partial charge in [-0.2, -0.15) is 0 Å². The molecule has 0 aromatic carbocycles. The van der Waals surface area contributed by atoms with E-state index in [-0.39, 0.29) is 47.2 Å². The summed E-state index contributed by atoms with van der Waals surface area (Å²) < 4.78 is 0.568. The van der Waals surface area contributed by atoms with E-state index < -0.39 is 5.97 Å². The second kappa shape index (κ2) is 3.73. The van der Waals surface area contributed by atoms with Crippen molar-refractivity contribution in [3.63, 3.8) is 0 Å². The van der Waals surface area contributed by atoms with E-state index in [1.54, 1.807) is 0 Å². The van der Waals surface area contributed by atoms with Gasteiger partial charge < -0.3 is 14.8 Å². The van der Waals surface area contributed by atoms with Gasteiger partial charge in [-0.25, -0.2) is 0 Å². The van der Waals surface area contributed by atoms with Crippen LogP contribution in [0.3, 0.4) is 0 Å². The molecule has 0 N–H and O–H groups in total. The molecule has 2 aliphatic rings. The van der Waals surface area contributed by atoms with E-state index in [0.717, 1.165) is 0 Å². The molecule has 13 heavy (non-hydrogen) atoms. The van der Waals surface area contributed by atoms with Crippen LogP contribution in [0.15, 0.2) is 10.2 Å². The maximum Gasteiger partial charge on any atom is 1.00 e. The molecule has 0 spiro atoms. The Morgan fingerprint density at radius 1 is 1.54 bits per heavy atom. The molecule has 1 saturated heterocycles. The quantitative estimate of drug-likeness (QED) is 0.358. The second-order valence-corrected chi connectivity index (χ2v) is 3.82. The third kappa shape index (κ3) is 1.58. The van der Waals surface area contributed by atoms with Crippen LogP contribution in [0.2, 0.25) is 0 Å². The van der Waals surface area contributed by atoms with Crippen LogP contribution >= 0.6 is 15.9 Å². The van der Waals surface area contributed by atoms with Crippen LogP contribution in [0, 0.1) is 0 Å². The van der Waals surface area contributed by atoms with E-state index in [1.165, 1.54) is 4.90 Å². The number of carbonyl (C=O) groups excluding carboxylic acids is 2. The molecule has 0 aliphatic carbocycles. The first-order valence-corrected chi connectivity index (χ1v) is 4.32. The number of halogens is 1. The number of carboxylic acids is 1. The molecule has 0 aromatic heterocycles. The number of hydrogen-bond acceptors (Lipinski definition) is 3. The van der Waals surface area contributed by atoms with Crippen LogP contribution in [0.25, 0.3) is 0 Å². The summed E-state index contributed by atoms with van der Waals surface area (Å²) >= 11 is 3.12. The molecule has 1 unspecified atom stereocenters. The van der Waals surface area contributed by atoms with Crippen LogP contribution in [0.4, 0.5) is 0 Å². The van der Waals surface area contributed by atoms with Gasteiger partial charge in [-0.05, 0) is 0 Å². The average molecular weight is 254 g/mol. The third-order valence-electron chi connectivity index (χ3n) is 2.15. The van der Waals surface area contributed by atoms with Gasteiger partial charge in [0.05, 0.1) is 17.7 Å². The van der Waals surface area contributed by atoms with Crippen molar-refractivity contribution >= 4 is 27.8 Å². The molecule has 1 amide bonds. The molecule has 64 valence electrons. The zero-order chi connectivity index (χ0) is 8.88. The van der Waals surface area contributed by atoms with Gasteiger partial charge in [-0.15, -0.1) is 0 Å². The summed E-state index contributed by atoms with van der Waals surface area (Å²) in [5, 5.41) is 10.6. The van der Waals surface area contributed by atoms with Gasteiger partial charge in [0, 0.05) is 17.3 Å². The Balaban J connectivity index is 0.000000845. The first-order chi connectivity index (χ1) is 5.61. The third-order valence-corrected chi connectivity index (χ3v) is 2.85. The number of carbonyl (C=O) groups is 2. The SMILES string of the molecule is O=C([O-])C1=C(Br)CC2CC(=O)N12.[Na+]. The minimum Gasteiger partial charge on any atom is -0.543 e. The minimum absolute atomic E-state index is 0. The largest absolute Gasteiger partial charge is 1.00 e. The summed E-state index contributed by atoms with van der Waals surface area (Å²) in [6.45, 7) is 0. The number of amides is 1. The van der Waals surface area contributed by atoms with E-state index in [0.29, 0.717) is 17.3 Å². The van der Waals surface area contributed by atoms with Crippen molar-refractivity contribution in [3.05, 3.63) is 10.2 Å². The van der Waals surface area contributed by atoms with E-state index in [9.17, 15) is 14.7 Å². The Kier molecular flexibility index (Phi) is 3.22. The van der Waals surface area contributed by atoms with Gasteiger partial charge in [-0.1, -0.05) is 15.9 Å². The van der Waals surface area contributed by atoms with Gasteiger partial charge >= 0.3 is 29.6 Å². The Bertz CT molecular complexity index is 315. The van der Waals surface area contributed by atoms with Crippen molar-refractivity contribution < 1.29 is 44.3 Å². The number of aliphatic carboxylic acids is 1. The minimum atomic E-state index is -1.28. The molecule has 4 nitrogen and oxygen atoms in total. The molecule has 2 rings (SSSR count). The Morgan fingerprint density at radius 2 is 2.15 bits per heavy atom. The Morgan fingerprint density at radius 3 is 2.54 bits per heavy atom. The number of fused-ring (bicyclic) bond motifs is 1. The first-order valence-electron chi connectivity index (χ1n) is 3.53. The summed E-state index contributed by atoms with van der Waals surface area (Å²) in [5.41, 5.74) is 0.0104. The predicted octanol–water partition coefficient (Wildman–Crippen LogP) is -3.65. The van der Waals surface area contributed by atoms with Crippen LogP contribution in [-0.4, -0.2) is 22.8 Å². The van der Waals surface area contributed by atoms with Crippen molar-refractivity contribution in [2.45, 2.75) is 18.9 Å². The van der Waals surface area contributed by atoms with Crippen LogP contribution in [0.1, 0.15) is 12.8 Å². The van der Waals surface area contributed by atoms with Gasteiger partial charge in [-0.3, -0.25) is 4.79 Å². The summed E-state index contributed by atoms with van der Waals surface area (Å²) in [6, 6.07) is 0.0553. The molecular weight excluding hydrogens is 249 g/mol. The Labute approximate surface area is 105 Å². The summed E-state index contributed by atoms with van der Waals surface area (Å²) in [6.07, 6.45) is 1.06. The number of carboxylic acid groups (broad SMARTS) is 1. The Hall–Kier alpha value is 0.160. The second-order valence-electron chi connectivity index (χ2n) is 2.87. The van der Waals surface area contributed by atoms with Gasteiger partial charge in [0.25, 0.3) is 0 Å². The summed E-state index contributed by atoms with van der Waals surface area (Å²) in [4.78, 5) is 22.8. The fourth-order valence-corrected chi connectivity index (χ4v) is 2.32. The molecule has 1 atom stereocenters. The van der Waals surface area contributed by atoms with E-state index in [4.69, 9.17) is 0 Å². The summed E-state index contributed by atoms with van der Waals surface area (Å²) in [5.74, 6) is -1.41. The molecule has 2 aliphatic heterocycles. The van der Waals surface area contributed by atoms with Crippen LogP contribution in [-0.2, 0) is 9.59 Å². The fourth-order valence-electron chi connectivity index (χ4n) is 1.60. The predicted molar refractivity (Wildman–Crippen MR) is 40.8 cm³/mol. The van der Waals surface area contributed by atoms with E-state index >= 15 is 0 Å². The molecule has 6 heteroatoms. The smallest absolute Gasteiger partial charge is 0.543 e. The normalized spacial score (nSPS) is 25.2. The van der Waals surface area contributed by atoms with Gasteiger partial charge in [0.2, 0.25) is 5.91 Å². The van der Waals surface area contributed by atoms with Crippen LogP contribution < -0.4 is 34.7 Å². The zero-order valence-corrected chi connectivity index (χ0v) is 10.6. The molecular formula is C7H5BrNNaO3. The number of β-lactam (4-membered cyclic amide) rings is 1. The van der Waals surface area contributed by atoms with Crippen LogP contribution in [0.5, 0.6) is 0 Å². The molecule has 0 saturated carbocycles. The van der Waals surface area contributed by atoms with E-state index in [2.05, 4.69) is 15.9 Å². The maximum absolute atomic E-state index is 11.0. The standard InChI is InChI=1S/C7H6BrNO3.Na/c8-4-1-3-2-5(10)9(3)6(4)7(11)12;/h3H,1-2H2,(H,11,12);/q;+1/p-1. The fraction of sp³-hybridized carbons (Fsp3) is 0.429. The average Bonchev–Trinajstić information content (AvgIpc) is 2.22. The maximum atomic E-state index is 11.0.